The second-order valence-electron chi connectivity index (χ2n) is 4.57. The van der Waals surface area contributed by atoms with E-state index in [2.05, 4.69) is 16.7 Å². The van der Waals surface area contributed by atoms with E-state index in [-0.39, 0.29) is 4.87 Å². The van der Waals surface area contributed by atoms with Crippen LogP contribution in [-0.2, 0) is 6.54 Å². The number of likely N-dealkylation sites (N-methyl/N-ethyl adjacent to an activating group) is 1. The van der Waals surface area contributed by atoms with Gasteiger partial charge in [-0.05, 0) is 13.5 Å². The number of nitrogens with zero attached hydrogens (tertiary/aromatic N) is 3. The smallest absolute Gasteiger partial charge is 0.302 e. The van der Waals surface area contributed by atoms with Crippen LogP contribution in [0.25, 0.3) is 0 Å². The predicted octanol–water partition coefficient (Wildman–Crippen LogP) is 0.856. The van der Waals surface area contributed by atoms with E-state index in [9.17, 15) is 4.79 Å². The summed E-state index contributed by atoms with van der Waals surface area (Å²) in [5.74, 6) is 0. The molecule has 0 saturated carbocycles. The summed E-state index contributed by atoms with van der Waals surface area (Å²) in [6, 6.07) is 0. The van der Waals surface area contributed by atoms with Crippen molar-refractivity contribution in [3.63, 3.8) is 0 Å². The molecule has 0 aliphatic carbocycles. The average molecular weight is 255 g/mol. The molecule has 1 aliphatic heterocycles. The molecule has 1 fully saturated rings. The highest BCUT2D eigenvalue weighted by Gasteiger charge is 2.15. The van der Waals surface area contributed by atoms with Gasteiger partial charge in [0.1, 0.15) is 0 Å². The predicted molar refractivity (Wildman–Crippen MR) is 71.9 cm³/mol. The number of hydrogen-bond acceptors (Lipinski definition) is 4. The summed E-state index contributed by atoms with van der Waals surface area (Å²) >= 11 is 1.30. The molecule has 2 rings (SSSR count). The van der Waals surface area contributed by atoms with Crippen LogP contribution in [-0.4, -0.2) is 53.6 Å². The van der Waals surface area contributed by atoms with Crippen molar-refractivity contribution in [1.82, 2.24) is 14.4 Å². The van der Waals surface area contributed by atoms with Gasteiger partial charge in [0.2, 0.25) is 0 Å². The third-order valence-electron chi connectivity index (χ3n) is 3.53. The maximum absolute atomic E-state index is 11.6. The van der Waals surface area contributed by atoms with Gasteiger partial charge in [-0.25, -0.2) is 0 Å². The Morgan fingerprint density at radius 3 is 2.35 bits per heavy atom. The van der Waals surface area contributed by atoms with Gasteiger partial charge in [-0.3, -0.25) is 9.69 Å². The molecule has 5 heteroatoms. The topological polar surface area (TPSA) is 28.5 Å². The summed E-state index contributed by atoms with van der Waals surface area (Å²) in [6.45, 7) is 11.8. The molecule has 0 spiro atoms. The number of aromatic nitrogens is 1. The van der Waals surface area contributed by atoms with Crippen molar-refractivity contribution in [2.75, 3.05) is 39.3 Å². The minimum absolute atomic E-state index is 0.176. The minimum atomic E-state index is 0.176. The summed E-state index contributed by atoms with van der Waals surface area (Å²) in [7, 11) is 0. The molecule has 0 N–H and O–H groups in total. The van der Waals surface area contributed by atoms with Gasteiger partial charge in [0.05, 0.1) is 0 Å². The van der Waals surface area contributed by atoms with Crippen LogP contribution in [0.3, 0.4) is 0 Å². The fraction of sp³-hybridized carbons (Fsp3) is 0.750. The molecule has 2 heterocycles. The molecule has 0 unspecified atom stereocenters. The van der Waals surface area contributed by atoms with Crippen LogP contribution in [0, 0.1) is 6.92 Å². The number of aryl methyl sites for hydroxylation is 1. The highest BCUT2D eigenvalue weighted by Crippen LogP contribution is 2.03. The van der Waals surface area contributed by atoms with Gasteiger partial charge in [-0.15, -0.1) is 0 Å². The van der Waals surface area contributed by atoms with Gasteiger partial charge in [-0.1, -0.05) is 18.3 Å². The van der Waals surface area contributed by atoms with Crippen molar-refractivity contribution >= 4 is 11.3 Å². The summed E-state index contributed by atoms with van der Waals surface area (Å²) in [5.41, 5.74) is 1.09. The summed E-state index contributed by atoms with van der Waals surface area (Å²) < 4.78 is 1.89. The molecule has 1 aliphatic rings. The Kier molecular flexibility index (Phi) is 4.36. The molecular formula is C12H21N3OS. The zero-order valence-corrected chi connectivity index (χ0v) is 11.5. The van der Waals surface area contributed by atoms with E-state index < -0.39 is 0 Å². The van der Waals surface area contributed by atoms with Gasteiger partial charge >= 0.3 is 4.87 Å². The van der Waals surface area contributed by atoms with Crippen LogP contribution in [0.5, 0.6) is 0 Å². The van der Waals surface area contributed by atoms with E-state index in [0.29, 0.717) is 0 Å². The van der Waals surface area contributed by atoms with Crippen molar-refractivity contribution < 1.29 is 0 Å². The fourth-order valence-electron chi connectivity index (χ4n) is 2.25. The fourth-order valence-corrected chi connectivity index (χ4v) is 3.01. The Labute approximate surface area is 106 Å². The lowest BCUT2D eigenvalue weighted by molar-refractivity contribution is 0.133. The standard InChI is InChI=1S/C12H21N3OS/c1-3-13-4-6-14(7-5-13)8-9-15-11(2)10-17-12(15)16/h10H,3-9H2,1-2H3. The van der Waals surface area contributed by atoms with Crippen LogP contribution in [0.15, 0.2) is 10.2 Å². The van der Waals surface area contributed by atoms with Crippen LogP contribution in [0.4, 0.5) is 0 Å². The Hall–Kier alpha value is -0.650. The van der Waals surface area contributed by atoms with Crippen LogP contribution < -0.4 is 4.87 Å². The number of piperazine rings is 1. The van der Waals surface area contributed by atoms with Crippen LogP contribution in [0.2, 0.25) is 0 Å². The maximum atomic E-state index is 11.6. The third kappa shape index (κ3) is 3.18. The molecule has 4 nitrogen and oxygen atoms in total. The number of thiazole rings is 1. The van der Waals surface area contributed by atoms with Crippen LogP contribution >= 0.6 is 11.3 Å². The van der Waals surface area contributed by atoms with Gasteiger partial charge in [-0.2, -0.15) is 0 Å². The summed E-state index contributed by atoms with van der Waals surface area (Å²) in [6.07, 6.45) is 0. The van der Waals surface area contributed by atoms with E-state index in [0.717, 1.165) is 51.5 Å². The number of hydrogen-bond donors (Lipinski definition) is 0. The van der Waals surface area contributed by atoms with Crippen molar-refractivity contribution in [3.8, 4) is 0 Å². The zero-order valence-electron chi connectivity index (χ0n) is 10.7. The highest BCUT2D eigenvalue weighted by atomic mass is 32.1. The first-order chi connectivity index (χ1) is 8.20. The lowest BCUT2D eigenvalue weighted by Gasteiger charge is -2.34. The third-order valence-corrected chi connectivity index (χ3v) is 4.41. The van der Waals surface area contributed by atoms with Gasteiger partial charge < -0.3 is 9.47 Å². The maximum Gasteiger partial charge on any atom is 0.307 e. The average Bonchev–Trinajstić information content (AvgIpc) is 2.67. The zero-order chi connectivity index (χ0) is 12.3. The molecule has 0 radical (unpaired) electrons. The van der Waals surface area contributed by atoms with Crippen LogP contribution in [0.1, 0.15) is 12.6 Å². The quantitative estimate of drug-likeness (QED) is 0.799. The largest absolute Gasteiger partial charge is 0.307 e. The monoisotopic (exact) mass is 255 g/mol. The molecule has 0 amide bonds. The van der Waals surface area contributed by atoms with E-state index in [4.69, 9.17) is 0 Å². The Morgan fingerprint density at radius 2 is 1.82 bits per heavy atom. The second kappa shape index (κ2) is 5.80. The molecule has 1 aromatic heterocycles. The Morgan fingerprint density at radius 1 is 1.18 bits per heavy atom. The Bertz CT molecular complexity index is 404. The molecular weight excluding hydrogens is 234 g/mol. The van der Waals surface area contributed by atoms with E-state index >= 15 is 0 Å². The lowest BCUT2D eigenvalue weighted by Crippen LogP contribution is -2.47. The molecule has 1 aromatic rings. The van der Waals surface area contributed by atoms with Gasteiger partial charge in [0.25, 0.3) is 0 Å². The van der Waals surface area contributed by atoms with Crippen molar-refractivity contribution in [3.05, 3.63) is 20.7 Å². The van der Waals surface area contributed by atoms with Crippen molar-refractivity contribution in [2.45, 2.75) is 20.4 Å². The van der Waals surface area contributed by atoms with Gasteiger partial charge in [0.15, 0.2) is 0 Å². The number of rotatable bonds is 4. The van der Waals surface area contributed by atoms with Gasteiger partial charge in [0, 0.05) is 50.3 Å². The summed E-state index contributed by atoms with van der Waals surface area (Å²) in [4.78, 5) is 16.7. The molecule has 17 heavy (non-hydrogen) atoms. The molecule has 1 saturated heterocycles. The van der Waals surface area contributed by atoms with Crippen molar-refractivity contribution in [1.29, 1.82) is 0 Å². The first kappa shape index (κ1) is 12.8. The van der Waals surface area contributed by atoms with Crippen molar-refractivity contribution in [2.24, 2.45) is 0 Å². The van der Waals surface area contributed by atoms with E-state index in [1.807, 2.05) is 16.9 Å². The highest BCUT2D eigenvalue weighted by molar-refractivity contribution is 7.07. The normalized spacial score (nSPS) is 18.7. The SMILES string of the molecule is CCN1CCN(CCn2c(C)csc2=O)CC1. The minimum Gasteiger partial charge on any atom is -0.302 e. The molecule has 0 bridgehead atoms. The van der Waals surface area contributed by atoms with E-state index in [1.54, 1.807) is 0 Å². The molecule has 96 valence electrons. The lowest BCUT2D eigenvalue weighted by atomic mass is 10.3. The Balaban J connectivity index is 1.82. The summed E-state index contributed by atoms with van der Waals surface area (Å²) in [5, 5.41) is 1.94. The second-order valence-corrected chi connectivity index (χ2v) is 5.39. The first-order valence-corrected chi connectivity index (χ1v) is 7.18. The molecule has 0 aromatic carbocycles. The first-order valence-electron chi connectivity index (χ1n) is 6.30. The molecule has 0 atom stereocenters. The van der Waals surface area contributed by atoms with E-state index in [1.165, 1.54) is 11.3 Å².